The number of aliphatic imine (C=N–C) groups is 1. The molecule has 12 heteroatoms. The Morgan fingerprint density at radius 2 is 2.03 bits per heavy atom. The van der Waals surface area contributed by atoms with Gasteiger partial charge in [0.1, 0.15) is 30.6 Å². The van der Waals surface area contributed by atoms with Crippen LogP contribution in [0.4, 0.5) is 22.0 Å². The molecule has 3 rings (SSSR count). The molecule has 1 aliphatic rings. The van der Waals surface area contributed by atoms with Gasteiger partial charge in [-0.3, -0.25) is 9.79 Å². The topological polar surface area (TPSA) is 99.7 Å². The summed E-state index contributed by atoms with van der Waals surface area (Å²) in [5.41, 5.74) is 2.94. The molecule has 0 saturated heterocycles. The van der Waals surface area contributed by atoms with Gasteiger partial charge in [-0.15, -0.1) is 0 Å². The molecule has 7 nitrogen and oxygen atoms in total. The van der Waals surface area contributed by atoms with Crippen molar-refractivity contribution in [3.63, 3.8) is 0 Å². The lowest BCUT2D eigenvalue weighted by atomic mass is 9.84. The quantitative estimate of drug-likeness (QED) is 0.506. The molecule has 1 atom stereocenters. The molecule has 0 unspecified atom stereocenters. The second kappa shape index (κ2) is 9.15. The van der Waals surface area contributed by atoms with Gasteiger partial charge in [-0.25, -0.2) is 31.9 Å². The summed E-state index contributed by atoms with van der Waals surface area (Å²) in [5.74, 6) is -5.47. The van der Waals surface area contributed by atoms with Gasteiger partial charge in [0, 0.05) is 12.0 Å². The predicted octanol–water partition coefficient (Wildman–Crippen LogP) is 2.92. The number of Topliss-reactive ketones (excluding diaryl/α,β-unsaturated/α-hetero) is 1. The van der Waals surface area contributed by atoms with E-state index in [-0.39, 0.29) is 36.0 Å². The lowest BCUT2D eigenvalue weighted by molar-refractivity contribution is -0.116. The zero-order valence-corrected chi connectivity index (χ0v) is 16.8. The van der Waals surface area contributed by atoms with E-state index in [4.69, 9.17) is 10.5 Å². The highest BCUT2D eigenvalue weighted by molar-refractivity contribution is 5.95. The van der Waals surface area contributed by atoms with Gasteiger partial charge in [-0.05, 0) is 24.6 Å². The average molecular weight is 458 g/mol. The number of nitrogens with two attached hydrogens (primary N) is 1. The molecule has 2 N–H and O–H groups in total. The largest absolute Gasteiger partial charge is 0.470 e. The van der Waals surface area contributed by atoms with Gasteiger partial charge in [0.25, 0.3) is 12.3 Å². The molecule has 1 aromatic heterocycles. The summed E-state index contributed by atoms with van der Waals surface area (Å²) < 4.78 is 77.9. The minimum atomic E-state index is -3.57. The van der Waals surface area contributed by atoms with Crippen LogP contribution in [0, 0.1) is 5.82 Å². The number of hydrogen-bond acceptors (Lipinski definition) is 7. The van der Waals surface area contributed by atoms with Crippen LogP contribution in [-0.2, 0) is 16.7 Å². The lowest BCUT2D eigenvalue weighted by Crippen LogP contribution is -2.45. The zero-order valence-electron chi connectivity index (χ0n) is 16.8. The van der Waals surface area contributed by atoms with E-state index in [0.717, 1.165) is 31.5 Å². The smallest absolute Gasteiger partial charge is 0.299 e. The molecule has 0 amide bonds. The minimum absolute atomic E-state index is 0.109. The van der Waals surface area contributed by atoms with E-state index in [0.29, 0.717) is 0 Å². The van der Waals surface area contributed by atoms with Crippen molar-refractivity contribution in [3.05, 3.63) is 53.2 Å². The summed E-state index contributed by atoms with van der Waals surface area (Å²) in [6, 6.07) is 3.35. The van der Waals surface area contributed by atoms with E-state index >= 15 is 0 Å². The second-order valence-electron chi connectivity index (χ2n) is 7.23. The molecule has 0 spiro atoms. The Kier molecular flexibility index (Phi) is 6.72. The zero-order chi connectivity index (χ0) is 23.5. The molecule has 0 bridgehead atoms. The summed E-state index contributed by atoms with van der Waals surface area (Å²) in [7, 11) is 0. The summed E-state index contributed by atoms with van der Waals surface area (Å²) in [5, 5.41) is 0. The van der Waals surface area contributed by atoms with Crippen LogP contribution in [0.15, 0.2) is 35.6 Å². The Morgan fingerprint density at radius 1 is 1.28 bits per heavy atom. The summed E-state index contributed by atoms with van der Waals surface area (Å²) in [6.45, 7) is -1.16. The van der Waals surface area contributed by atoms with Crippen LogP contribution >= 0.6 is 0 Å². The molecule has 0 radical (unpaired) electrons. The van der Waals surface area contributed by atoms with Crippen molar-refractivity contribution in [3.8, 4) is 5.88 Å². The number of alkyl halides is 4. The van der Waals surface area contributed by atoms with E-state index < -0.39 is 48.3 Å². The maximum atomic E-state index is 14.8. The summed E-state index contributed by atoms with van der Waals surface area (Å²) in [6.07, 6.45) is -0.955. The van der Waals surface area contributed by atoms with Crippen molar-refractivity contribution < 1.29 is 36.2 Å². The van der Waals surface area contributed by atoms with Gasteiger partial charge in [-0.1, -0.05) is 6.07 Å². The molecule has 1 aliphatic heterocycles. The Labute approximate surface area is 179 Å². The van der Waals surface area contributed by atoms with E-state index in [1.165, 1.54) is 6.07 Å². The van der Waals surface area contributed by atoms with Gasteiger partial charge in [-0.2, -0.15) is 0 Å². The molecule has 0 saturated carbocycles. The molecule has 32 heavy (non-hydrogen) atoms. The Hall–Kier alpha value is -3.15. The predicted molar refractivity (Wildman–Crippen MR) is 103 cm³/mol. The van der Waals surface area contributed by atoms with E-state index in [9.17, 15) is 26.7 Å². The molecule has 0 fully saturated rings. The first kappa shape index (κ1) is 23.5. The number of ketones is 1. The highest BCUT2D eigenvalue weighted by Crippen LogP contribution is 2.43. The highest BCUT2D eigenvalue weighted by Gasteiger charge is 2.54. The molecular weight excluding hydrogens is 439 g/mol. The maximum absolute atomic E-state index is 14.8. The number of carbonyl (C=O) groups excluding carboxylic acids is 1. The molecule has 1 aromatic carbocycles. The van der Waals surface area contributed by atoms with Crippen LogP contribution in [0.25, 0.3) is 0 Å². The molecule has 0 aliphatic carbocycles. The number of rotatable bonds is 7. The van der Waals surface area contributed by atoms with Crippen LogP contribution in [0.2, 0.25) is 0 Å². The van der Waals surface area contributed by atoms with Crippen molar-refractivity contribution in [2.75, 3.05) is 19.8 Å². The van der Waals surface area contributed by atoms with E-state index in [1.807, 2.05) is 0 Å². The fourth-order valence-corrected chi connectivity index (χ4v) is 3.10. The van der Waals surface area contributed by atoms with Crippen LogP contribution < -0.4 is 10.5 Å². The highest BCUT2D eigenvalue weighted by atomic mass is 19.3. The lowest BCUT2D eigenvalue weighted by Gasteiger charge is -2.33. The molecule has 2 heterocycles. The minimum Gasteiger partial charge on any atom is -0.470 e. The van der Waals surface area contributed by atoms with Gasteiger partial charge < -0.3 is 15.2 Å². The van der Waals surface area contributed by atoms with Crippen molar-refractivity contribution in [1.29, 1.82) is 0 Å². The Morgan fingerprint density at radius 3 is 2.69 bits per heavy atom. The summed E-state index contributed by atoms with van der Waals surface area (Å²) in [4.78, 5) is 23.9. The summed E-state index contributed by atoms with van der Waals surface area (Å²) >= 11 is 0. The third kappa shape index (κ3) is 5.01. The fourth-order valence-electron chi connectivity index (χ4n) is 3.10. The fraction of sp³-hybridized carbons (Fsp3) is 0.400. The second-order valence-corrected chi connectivity index (χ2v) is 7.23. The Balaban J connectivity index is 1.84. The third-order valence-electron chi connectivity index (χ3n) is 4.80. The van der Waals surface area contributed by atoms with Crippen LogP contribution in [0.5, 0.6) is 5.88 Å². The first-order valence-electron chi connectivity index (χ1n) is 9.37. The monoisotopic (exact) mass is 458 g/mol. The molecule has 172 valence electrons. The van der Waals surface area contributed by atoms with Gasteiger partial charge in [0.15, 0.2) is 17.9 Å². The van der Waals surface area contributed by atoms with E-state index in [1.54, 1.807) is 0 Å². The first-order chi connectivity index (χ1) is 15.0. The van der Waals surface area contributed by atoms with Crippen molar-refractivity contribution in [1.82, 2.24) is 9.97 Å². The number of nitrogens with zero attached hydrogens (tertiary/aromatic N) is 3. The van der Waals surface area contributed by atoms with Crippen molar-refractivity contribution in [2.24, 2.45) is 10.7 Å². The molecule has 2 aromatic rings. The third-order valence-corrected chi connectivity index (χ3v) is 4.80. The van der Waals surface area contributed by atoms with Crippen LogP contribution in [0.1, 0.15) is 28.5 Å². The normalized spacial score (nSPS) is 20.5. The van der Waals surface area contributed by atoms with Crippen LogP contribution in [-0.4, -0.2) is 53.8 Å². The first-order valence-corrected chi connectivity index (χ1v) is 9.37. The van der Waals surface area contributed by atoms with Crippen LogP contribution in [0.3, 0.4) is 0 Å². The van der Waals surface area contributed by atoms with Crippen molar-refractivity contribution >= 4 is 11.6 Å². The SMILES string of the molecule is C[C@]1(c2cc(CC(=O)c3cnc(OCC(F)F)cn3)ccc2F)N=C(N)COCC1(F)F. The maximum Gasteiger partial charge on any atom is 0.299 e. The number of aromatic nitrogens is 2. The number of benzene rings is 1. The van der Waals surface area contributed by atoms with E-state index in [2.05, 4.69) is 19.7 Å². The number of ether oxygens (including phenoxy) is 2. The standard InChI is InChI=1S/C20H19F5N4O3/c1-19(20(24,25)10-31-9-17(26)29-19)12-4-11(2-3-13(12)21)5-15(30)14-6-28-18(7-27-14)32-8-16(22)23/h2-4,6-7,16H,5,8-10H2,1H3,(H2,26,29)/t19-/m1/s1. The number of amidine groups is 1. The number of hydrogen-bond donors (Lipinski definition) is 1. The number of halogens is 5. The molecular formula is C20H19F5N4O3. The van der Waals surface area contributed by atoms with Gasteiger partial charge in [0.2, 0.25) is 5.88 Å². The Bertz CT molecular complexity index is 1020. The number of carbonyl (C=O) groups is 1. The average Bonchev–Trinajstić information content (AvgIpc) is 2.83. The van der Waals surface area contributed by atoms with Gasteiger partial charge in [0.05, 0.1) is 12.4 Å². The van der Waals surface area contributed by atoms with Crippen molar-refractivity contribution in [2.45, 2.75) is 31.2 Å². The van der Waals surface area contributed by atoms with Gasteiger partial charge >= 0.3 is 0 Å².